The number of carbonyl (C=O) groups is 2. The molecule has 3 rings (SSSR count). The van der Waals surface area contributed by atoms with Crippen molar-refractivity contribution in [1.82, 2.24) is 21.0 Å². The Kier molecular flexibility index (Phi) is 6.85. The molecule has 9 heteroatoms. The van der Waals surface area contributed by atoms with Crippen molar-refractivity contribution in [2.75, 3.05) is 0 Å². The van der Waals surface area contributed by atoms with Crippen molar-refractivity contribution < 1.29 is 18.7 Å². The molecular weight excluding hydrogens is 392 g/mol. The highest BCUT2D eigenvalue weighted by atomic mass is 32.2. The fourth-order valence-corrected chi connectivity index (χ4v) is 2.98. The first-order chi connectivity index (χ1) is 14.0. The molecule has 1 aromatic heterocycles. The number of nitrogens with one attached hydrogen (secondary N) is 2. The van der Waals surface area contributed by atoms with E-state index >= 15 is 0 Å². The topological polar surface area (TPSA) is 106 Å². The van der Waals surface area contributed by atoms with Crippen LogP contribution in [0, 0.1) is 6.92 Å². The first-order valence-corrected chi connectivity index (χ1v) is 9.73. The fraction of sp³-hybridized carbons (Fsp3) is 0.200. The number of thioether (sulfide) groups is 1. The van der Waals surface area contributed by atoms with Gasteiger partial charge in [-0.2, -0.15) is 0 Å². The van der Waals surface area contributed by atoms with E-state index < -0.39 is 17.1 Å². The zero-order chi connectivity index (χ0) is 20.6. The van der Waals surface area contributed by atoms with Crippen LogP contribution in [-0.4, -0.2) is 27.3 Å². The third-order valence-electron chi connectivity index (χ3n) is 3.78. The lowest BCUT2D eigenvalue weighted by Crippen LogP contribution is -2.44. The molecule has 0 aliphatic carbocycles. The highest BCUT2D eigenvalue weighted by molar-refractivity contribution is 8.00. The van der Waals surface area contributed by atoms with Gasteiger partial charge in [0.25, 0.3) is 22.9 Å². The number of hydrogen-bond acceptors (Lipinski definition) is 7. The SMILES string of the molecule is Cc1cccc(OCc2nnc(S[C@@H](C)C(=O)NNC(=O)c3ccccc3)o2)c1. The lowest BCUT2D eigenvalue weighted by molar-refractivity contribution is -0.121. The van der Waals surface area contributed by atoms with Crippen molar-refractivity contribution in [3.63, 3.8) is 0 Å². The molecule has 150 valence electrons. The number of nitrogens with zero attached hydrogens (tertiary/aromatic N) is 2. The minimum atomic E-state index is -0.558. The summed E-state index contributed by atoms with van der Waals surface area (Å²) in [6, 6.07) is 16.2. The Hall–Kier alpha value is -3.33. The average molecular weight is 412 g/mol. The molecule has 0 unspecified atom stereocenters. The normalized spacial score (nSPS) is 11.5. The molecule has 8 nitrogen and oxygen atoms in total. The zero-order valence-corrected chi connectivity index (χ0v) is 16.7. The van der Waals surface area contributed by atoms with E-state index in [0.717, 1.165) is 17.3 Å². The van der Waals surface area contributed by atoms with E-state index in [9.17, 15) is 9.59 Å². The highest BCUT2D eigenvalue weighted by Gasteiger charge is 2.19. The molecule has 2 amide bonds. The van der Waals surface area contributed by atoms with Crippen LogP contribution in [0.3, 0.4) is 0 Å². The number of carbonyl (C=O) groups excluding carboxylic acids is 2. The Morgan fingerprint density at radius 2 is 1.90 bits per heavy atom. The van der Waals surface area contributed by atoms with Gasteiger partial charge >= 0.3 is 0 Å². The van der Waals surface area contributed by atoms with Gasteiger partial charge in [-0.25, -0.2) is 0 Å². The molecule has 0 saturated heterocycles. The van der Waals surface area contributed by atoms with Gasteiger partial charge in [0.15, 0.2) is 6.61 Å². The van der Waals surface area contributed by atoms with Gasteiger partial charge in [0.2, 0.25) is 0 Å². The first-order valence-electron chi connectivity index (χ1n) is 8.85. The minimum absolute atomic E-state index is 0.130. The number of hydrogen-bond donors (Lipinski definition) is 2. The molecule has 0 bridgehead atoms. The lowest BCUT2D eigenvalue weighted by atomic mass is 10.2. The molecule has 1 heterocycles. The molecule has 2 N–H and O–H groups in total. The quantitative estimate of drug-likeness (QED) is 0.454. The number of amides is 2. The molecule has 1 atom stereocenters. The average Bonchev–Trinajstić information content (AvgIpc) is 3.18. The van der Waals surface area contributed by atoms with Gasteiger partial charge in [0.1, 0.15) is 5.75 Å². The number of ether oxygens (including phenoxy) is 1. The number of hydrazine groups is 1. The van der Waals surface area contributed by atoms with E-state index in [1.807, 2.05) is 31.2 Å². The number of aromatic nitrogens is 2. The smallest absolute Gasteiger partial charge is 0.277 e. The number of aryl methyl sites for hydroxylation is 1. The van der Waals surface area contributed by atoms with Crippen molar-refractivity contribution in [3.8, 4) is 5.75 Å². The van der Waals surface area contributed by atoms with Gasteiger partial charge in [0.05, 0.1) is 5.25 Å². The Morgan fingerprint density at radius 1 is 1.10 bits per heavy atom. The maximum Gasteiger partial charge on any atom is 0.277 e. The fourth-order valence-electron chi connectivity index (χ4n) is 2.28. The van der Waals surface area contributed by atoms with Gasteiger partial charge in [-0.05, 0) is 43.7 Å². The Morgan fingerprint density at radius 3 is 2.66 bits per heavy atom. The van der Waals surface area contributed by atoms with Crippen molar-refractivity contribution in [2.24, 2.45) is 0 Å². The monoisotopic (exact) mass is 412 g/mol. The predicted molar refractivity (Wildman–Crippen MR) is 107 cm³/mol. The summed E-state index contributed by atoms with van der Waals surface area (Å²) < 4.78 is 11.1. The molecule has 0 saturated carbocycles. The molecule has 0 aliphatic rings. The first kappa shape index (κ1) is 20.4. The third-order valence-corrected chi connectivity index (χ3v) is 4.72. The maximum absolute atomic E-state index is 12.2. The van der Waals surface area contributed by atoms with Crippen molar-refractivity contribution in [2.45, 2.75) is 30.9 Å². The summed E-state index contributed by atoms with van der Waals surface area (Å²) in [5.74, 6) is 0.220. The second kappa shape index (κ2) is 9.74. The van der Waals surface area contributed by atoms with Crippen LogP contribution in [0.15, 0.2) is 64.2 Å². The van der Waals surface area contributed by atoms with Crippen LogP contribution in [0.2, 0.25) is 0 Å². The van der Waals surface area contributed by atoms with E-state index in [-0.39, 0.29) is 11.8 Å². The van der Waals surface area contributed by atoms with Crippen LogP contribution in [-0.2, 0) is 11.4 Å². The molecule has 2 aromatic carbocycles. The van der Waals surface area contributed by atoms with Gasteiger partial charge in [0, 0.05) is 5.56 Å². The largest absolute Gasteiger partial charge is 0.484 e. The summed E-state index contributed by atoms with van der Waals surface area (Å²) in [6.45, 7) is 3.77. The lowest BCUT2D eigenvalue weighted by Gasteiger charge is -2.11. The van der Waals surface area contributed by atoms with Crippen molar-refractivity contribution >= 4 is 23.6 Å². The Bertz CT molecular complexity index is 977. The standard InChI is InChI=1S/C20H20N4O4S/c1-13-7-6-10-16(11-13)27-12-17-21-24-20(28-17)29-14(2)18(25)22-23-19(26)15-8-4-3-5-9-15/h3-11,14H,12H2,1-2H3,(H,22,25)(H,23,26)/t14-/m0/s1. The van der Waals surface area contributed by atoms with Gasteiger partial charge in [-0.3, -0.25) is 20.4 Å². The molecule has 29 heavy (non-hydrogen) atoms. The molecule has 0 fully saturated rings. The van der Waals surface area contributed by atoms with Gasteiger partial charge in [-0.15, -0.1) is 10.2 Å². The highest BCUT2D eigenvalue weighted by Crippen LogP contribution is 2.22. The predicted octanol–water partition coefficient (Wildman–Crippen LogP) is 2.90. The molecule has 0 aliphatic heterocycles. The van der Waals surface area contributed by atoms with Crippen LogP contribution < -0.4 is 15.6 Å². The third kappa shape index (κ3) is 6.08. The summed E-state index contributed by atoms with van der Waals surface area (Å²) in [7, 11) is 0. The van der Waals surface area contributed by atoms with Crippen LogP contribution in [0.1, 0.15) is 28.7 Å². The Balaban J connectivity index is 1.46. The summed E-state index contributed by atoms with van der Waals surface area (Å²) in [5, 5.41) is 7.51. The second-order valence-electron chi connectivity index (χ2n) is 6.14. The van der Waals surface area contributed by atoms with Crippen molar-refractivity contribution in [1.29, 1.82) is 0 Å². The van der Waals surface area contributed by atoms with Crippen LogP contribution in [0.4, 0.5) is 0 Å². The maximum atomic E-state index is 12.2. The van der Waals surface area contributed by atoms with E-state index in [1.54, 1.807) is 37.3 Å². The van der Waals surface area contributed by atoms with E-state index in [1.165, 1.54) is 0 Å². The Labute approximate surface area is 172 Å². The summed E-state index contributed by atoms with van der Waals surface area (Å²) >= 11 is 1.08. The summed E-state index contributed by atoms with van der Waals surface area (Å²) in [5.41, 5.74) is 6.29. The second-order valence-corrected chi connectivity index (χ2v) is 7.43. The minimum Gasteiger partial charge on any atom is -0.484 e. The van der Waals surface area contributed by atoms with Crippen LogP contribution in [0.25, 0.3) is 0 Å². The van der Waals surface area contributed by atoms with E-state index in [4.69, 9.17) is 9.15 Å². The number of rotatable bonds is 7. The van der Waals surface area contributed by atoms with Gasteiger partial charge < -0.3 is 9.15 Å². The van der Waals surface area contributed by atoms with Crippen LogP contribution in [0.5, 0.6) is 5.75 Å². The number of benzene rings is 2. The molecular formula is C20H20N4O4S. The summed E-state index contributed by atoms with van der Waals surface area (Å²) in [6.07, 6.45) is 0. The van der Waals surface area contributed by atoms with Crippen LogP contribution >= 0.6 is 11.8 Å². The van der Waals surface area contributed by atoms with E-state index in [2.05, 4.69) is 21.0 Å². The molecule has 0 radical (unpaired) electrons. The zero-order valence-electron chi connectivity index (χ0n) is 15.9. The molecule has 0 spiro atoms. The van der Waals surface area contributed by atoms with Crippen molar-refractivity contribution in [3.05, 3.63) is 71.6 Å². The molecule has 3 aromatic rings. The summed E-state index contributed by atoms with van der Waals surface area (Å²) in [4.78, 5) is 24.1. The van der Waals surface area contributed by atoms with Gasteiger partial charge in [-0.1, -0.05) is 42.1 Å². The van der Waals surface area contributed by atoms with E-state index in [0.29, 0.717) is 17.2 Å².